The number of piperidine rings is 1. The van der Waals surface area contributed by atoms with Crippen LogP contribution in [0.2, 0.25) is 10.0 Å². The predicted molar refractivity (Wildman–Crippen MR) is 81.1 cm³/mol. The van der Waals surface area contributed by atoms with Crippen molar-refractivity contribution < 1.29 is 4.79 Å². The van der Waals surface area contributed by atoms with E-state index in [0.29, 0.717) is 16.6 Å². The van der Waals surface area contributed by atoms with Crippen molar-refractivity contribution in [2.24, 2.45) is 11.7 Å². The van der Waals surface area contributed by atoms with Crippen LogP contribution in [0.1, 0.15) is 30.7 Å². The summed E-state index contributed by atoms with van der Waals surface area (Å²) in [5.41, 5.74) is 7.01. The van der Waals surface area contributed by atoms with Gasteiger partial charge in [0.05, 0.1) is 0 Å². The van der Waals surface area contributed by atoms with Crippen molar-refractivity contribution in [3.63, 3.8) is 0 Å². The van der Waals surface area contributed by atoms with Gasteiger partial charge in [-0.2, -0.15) is 0 Å². The molecule has 0 unspecified atom stereocenters. The van der Waals surface area contributed by atoms with Gasteiger partial charge in [0.2, 0.25) is 5.91 Å². The van der Waals surface area contributed by atoms with Crippen LogP contribution in [-0.4, -0.2) is 29.9 Å². The second kappa shape index (κ2) is 5.55. The Hall–Kier alpha value is -0.770. The summed E-state index contributed by atoms with van der Waals surface area (Å²) in [6.45, 7) is 1.53. The van der Waals surface area contributed by atoms with Crippen LogP contribution < -0.4 is 5.73 Å². The Morgan fingerprint density at radius 1 is 1.25 bits per heavy atom. The van der Waals surface area contributed by atoms with Crippen LogP contribution in [-0.2, 0) is 4.79 Å². The first-order valence-corrected chi connectivity index (χ1v) is 7.80. The van der Waals surface area contributed by atoms with Gasteiger partial charge in [0.1, 0.15) is 0 Å². The highest BCUT2D eigenvalue weighted by Crippen LogP contribution is 2.49. The van der Waals surface area contributed by atoms with Crippen molar-refractivity contribution in [1.29, 1.82) is 0 Å². The van der Waals surface area contributed by atoms with Gasteiger partial charge in [0.15, 0.2) is 0 Å². The van der Waals surface area contributed by atoms with Gasteiger partial charge in [0, 0.05) is 35.1 Å². The summed E-state index contributed by atoms with van der Waals surface area (Å²) >= 11 is 12.0. The molecule has 2 N–H and O–H groups in total. The fraction of sp³-hybridized carbons (Fsp3) is 0.533. The molecule has 1 aliphatic heterocycles. The fourth-order valence-electron chi connectivity index (χ4n) is 3.07. The Labute approximate surface area is 129 Å². The van der Waals surface area contributed by atoms with Gasteiger partial charge in [-0.05, 0) is 48.9 Å². The average molecular weight is 313 g/mol. The van der Waals surface area contributed by atoms with E-state index in [2.05, 4.69) is 0 Å². The number of rotatable bonds is 2. The van der Waals surface area contributed by atoms with Crippen molar-refractivity contribution in [1.82, 2.24) is 4.90 Å². The van der Waals surface area contributed by atoms with Crippen LogP contribution in [0.15, 0.2) is 18.2 Å². The summed E-state index contributed by atoms with van der Waals surface area (Å²) in [7, 11) is 0. The smallest absolute Gasteiger partial charge is 0.226 e. The first-order valence-electron chi connectivity index (χ1n) is 7.05. The van der Waals surface area contributed by atoms with E-state index < -0.39 is 0 Å². The highest BCUT2D eigenvalue weighted by atomic mass is 35.5. The largest absolute Gasteiger partial charge is 0.341 e. The Morgan fingerprint density at radius 2 is 1.95 bits per heavy atom. The van der Waals surface area contributed by atoms with Crippen LogP contribution >= 0.6 is 23.2 Å². The molecule has 3 rings (SSSR count). The van der Waals surface area contributed by atoms with Crippen LogP contribution in [0.4, 0.5) is 0 Å². The van der Waals surface area contributed by atoms with E-state index in [-0.39, 0.29) is 23.8 Å². The lowest BCUT2D eigenvalue weighted by atomic mass is 10.0. The Bertz CT molecular complexity index is 514. The summed E-state index contributed by atoms with van der Waals surface area (Å²) in [6, 6.07) is 5.67. The Kier molecular flexibility index (Phi) is 3.93. The van der Waals surface area contributed by atoms with E-state index >= 15 is 0 Å². The lowest BCUT2D eigenvalue weighted by Gasteiger charge is -2.31. The lowest BCUT2D eigenvalue weighted by Crippen LogP contribution is -2.46. The van der Waals surface area contributed by atoms with Crippen molar-refractivity contribution in [2.45, 2.75) is 31.2 Å². The fourth-order valence-corrected chi connectivity index (χ4v) is 3.61. The second-order valence-corrected chi connectivity index (χ2v) is 6.71. The lowest BCUT2D eigenvalue weighted by molar-refractivity contribution is -0.133. The zero-order valence-electron chi connectivity index (χ0n) is 11.2. The molecule has 1 saturated heterocycles. The summed E-state index contributed by atoms with van der Waals surface area (Å²) in [4.78, 5) is 14.4. The number of hydrogen-bond acceptors (Lipinski definition) is 2. The third-order valence-corrected chi connectivity index (χ3v) is 4.63. The zero-order chi connectivity index (χ0) is 14.3. The molecule has 2 fully saturated rings. The van der Waals surface area contributed by atoms with Gasteiger partial charge < -0.3 is 10.6 Å². The topological polar surface area (TPSA) is 46.3 Å². The molecule has 0 aromatic heterocycles. The highest BCUT2D eigenvalue weighted by molar-refractivity contribution is 6.34. The third-order valence-electron chi connectivity index (χ3n) is 4.19. The van der Waals surface area contributed by atoms with Crippen LogP contribution in [0.5, 0.6) is 0 Å². The van der Waals surface area contributed by atoms with Crippen molar-refractivity contribution in [3.8, 4) is 0 Å². The zero-order valence-corrected chi connectivity index (χ0v) is 12.7. The number of nitrogens with two attached hydrogens (primary N) is 1. The van der Waals surface area contributed by atoms with Gasteiger partial charge in [-0.3, -0.25) is 4.79 Å². The van der Waals surface area contributed by atoms with Gasteiger partial charge in [-0.15, -0.1) is 0 Å². The van der Waals surface area contributed by atoms with E-state index in [0.717, 1.165) is 31.4 Å². The maximum Gasteiger partial charge on any atom is 0.226 e. The predicted octanol–water partition coefficient (Wildman–Crippen LogP) is 3.05. The minimum atomic E-state index is 0.0785. The number of carbonyl (C=O) groups is 1. The molecule has 1 saturated carbocycles. The molecule has 0 spiro atoms. The summed E-state index contributed by atoms with van der Waals surface area (Å²) < 4.78 is 0. The molecular formula is C15H18Cl2N2O. The molecule has 1 aromatic carbocycles. The molecule has 2 aliphatic rings. The summed E-state index contributed by atoms with van der Waals surface area (Å²) in [6.07, 6.45) is 2.91. The van der Waals surface area contributed by atoms with Crippen molar-refractivity contribution in [3.05, 3.63) is 33.8 Å². The molecule has 5 heteroatoms. The number of carbonyl (C=O) groups excluding carboxylic acids is 1. The van der Waals surface area contributed by atoms with Crippen molar-refractivity contribution >= 4 is 29.1 Å². The normalized spacial score (nSPS) is 29.4. The third kappa shape index (κ3) is 2.95. The monoisotopic (exact) mass is 312 g/mol. The van der Waals surface area contributed by atoms with Crippen LogP contribution in [0, 0.1) is 5.92 Å². The first-order chi connectivity index (χ1) is 9.54. The molecule has 1 heterocycles. The number of likely N-dealkylation sites (tertiary alicyclic amines) is 1. The molecule has 20 heavy (non-hydrogen) atoms. The van der Waals surface area contributed by atoms with E-state index in [1.165, 1.54) is 0 Å². The molecular weight excluding hydrogens is 295 g/mol. The molecule has 3 atom stereocenters. The molecule has 1 amide bonds. The number of halogens is 2. The Morgan fingerprint density at radius 3 is 2.60 bits per heavy atom. The molecule has 1 aromatic rings. The SMILES string of the molecule is N[C@@H]1CCCN(C(=O)[C@@H]2C[C@@H]2c2cc(Cl)cc(Cl)c2)C1. The standard InChI is InChI=1S/C15H18Cl2N2O/c16-10-4-9(5-11(17)6-10)13-7-14(13)15(20)19-3-1-2-12(18)8-19/h4-6,12-14H,1-3,7-8,18H2/t12-,13-,14-/m1/s1. The molecule has 0 bridgehead atoms. The van der Waals surface area contributed by atoms with Crippen LogP contribution in [0.25, 0.3) is 0 Å². The average Bonchev–Trinajstić information content (AvgIpc) is 3.17. The summed E-state index contributed by atoms with van der Waals surface area (Å²) in [5.74, 6) is 0.577. The minimum absolute atomic E-state index is 0.0785. The number of benzene rings is 1. The van der Waals surface area contributed by atoms with Crippen LogP contribution in [0.3, 0.4) is 0 Å². The van der Waals surface area contributed by atoms with Gasteiger partial charge >= 0.3 is 0 Å². The maximum atomic E-state index is 12.5. The Balaban J connectivity index is 1.67. The summed E-state index contributed by atoms with van der Waals surface area (Å²) in [5, 5.41) is 1.26. The highest BCUT2D eigenvalue weighted by Gasteiger charge is 2.46. The first kappa shape index (κ1) is 14.2. The number of nitrogens with zero attached hydrogens (tertiary/aromatic N) is 1. The molecule has 0 radical (unpaired) electrons. The minimum Gasteiger partial charge on any atom is -0.341 e. The van der Waals surface area contributed by atoms with E-state index in [1.54, 1.807) is 6.07 Å². The quantitative estimate of drug-likeness (QED) is 0.912. The van der Waals surface area contributed by atoms with E-state index in [1.807, 2.05) is 17.0 Å². The second-order valence-electron chi connectivity index (χ2n) is 5.84. The van der Waals surface area contributed by atoms with E-state index in [9.17, 15) is 4.79 Å². The number of hydrogen-bond donors (Lipinski definition) is 1. The van der Waals surface area contributed by atoms with Gasteiger partial charge in [-0.25, -0.2) is 0 Å². The van der Waals surface area contributed by atoms with Gasteiger partial charge in [0.25, 0.3) is 0 Å². The number of amides is 1. The maximum absolute atomic E-state index is 12.5. The van der Waals surface area contributed by atoms with E-state index in [4.69, 9.17) is 28.9 Å². The van der Waals surface area contributed by atoms with Gasteiger partial charge in [-0.1, -0.05) is 23.2 Å². The molecule has 1 aliphatic carbocycles. The molecule has 3 nitrogen and oxygen atoms in total. The molecule has 108 valence electrons. The van der Waals surface area contributed by atoms with Crippen molar-refractivity contribution in [2.75, 3.05) is 13.1 Å².